The second kappa shape index (κ2) is 50.2. The van der Waals surface area contributed by atoms with Gasteiger partial charge in [0.1, 0.15) is 13.2 Å². The average molecular weight is 869 g/mol. The quantitative estimate of drug-likeness (QED) is 0.0263. The van der Waals surface area contributed by atoms with Gasteiger partial charge in [0, 0.05) is 19.3 Å². The summed E-state index contributed by atoms with van der Waals surface area (Å²) in [6, 6.07) is 0. The highest BCUT2D eigenvalue weighted by molar-refractivity contribution is 5.71. The van der Waals surface area contributed by atoms with E-state index in [1.807, 2.05) is 91.1 Å². The second-order valence-corrected chi connectivity index (χ2v) is 15.8. The maximum Gasteiger partial charge on any atom is 0.306 e. The fourth-order valence-electron chi connectivity index (χ4n) is 6.18. The normalized spacial score (nSPS) is 13.3. The van der Waals surface area contributed by atoms with Crippen LogP contribution in [0.2, 0.25) is 0 Å². The van der Waals surface area contributed by atoms with Crippen molar-refractivity contribution in [2.45, 2.75) is 194 Å². The third kappa shape index (κ3) is 48.4. The van der Waals surface area contributed by atoms with Crippen LogP contribution in [0.25, 0.3) is 0 Å². The molecule has 0 heterocycles. The van der Waals surface area contributed by atoms with Crippen LogP contribution >= 0.6 is 0 Å². The molecule has 0 bridgehead atoms. The molecule has 0 amide bonds. The zero-order valence-electron chi connectivity index (χ0n) is 40.0. The van der Waals surface area contributed by atoms with Crippen molar-refractivity contribution in [3.63, 3.8) is 0 Å². The van der Waals surface area contributed by atoms with Crippen molar-refractivity contribution in [2.24, 2.45) is 0 Å². The Morgan fingerprint density at radius 1 is 0.333 bits per heavy atom. The summed E-state index contributed by atoms with van der Waals surface area (Å²) in [6.07, 6.45) is 70.2. The molecule has 0 saturated heterocycles. The highest BCUT2D eigenvalue weighted by atomic mass is 16.6. The minimum Gasteiger partial charge on any atom is -0.462 e. The van der Waals surface area contributed by atoms with Crippen LogP contribution in [-0.2, 0) is 28.6 Å². The smallest absolute Gasteiger partial charge is 0.306 e. The maximum absolute atomic E-state index is 12.7. The fourth-order valence-corrected chi connectivity index (χ4v) is 6.18. The fraction of sp³-hybridized carbons (Fsp3) is 0.561. The van der Waals surface area contributed by atoms with Gasteiger partial charge >= 0.3 is 17.9 Å². The standard InChI is InChI=1S/C57H88O6/c1-4-7-10-13-16-19-22-25-26-27-28-29-30-33-35-38-41-44-47-50-56(59)62-53-54(63-57(60)51-48-45-42-39-36-32-24-21-18-15-12-9-6-3)52-61-55(58)49-46-43-40-37-34-31-23-20-17-14-11-8-5-2/h8-9,11-12,14-25,31-32,34,36,39,42,54H,4-7,10,13,26-30,33,35,37-38,40-41,43-53H2,1-3H3/b11-8-,12-9-,17-14-,18-15-,19-16-,23-20-,24-21-,25-22-,34-31-,36-32-,42-39-. The Bertz CT molecular complexity index is 1420. The van der Waals surface area contributed by atoms with Gasteiger partial charge in [0.25, 0.3) is 0 Å². The monoisotopic (exact) mass is 869 g/mol. The summed E-state index contributed by atoms with van der Waals surface area (Å²) in [6.45, 7) is 6.20. The second-order valence-electron chi connectivity index (χ2n) is 15.8. The molecule has 352 valence electrons. The van der Waals surface area contributed by atoms with Gasteiger partial charge in [-0.2, -0.15) is 0 Å². The number of hydrogen-bond donors (Lipinski definition) is 0. The molecule has 0 aliphatic carbocycles. The summed E-state index contributed by atoms with van der Waals surface area (Å²) in [7, 11) is 0. The summed E-state index contributed by atoms with van der Waals surface area (Å²) in [5, 5.41) is 0. The summed E-state index contributed by atoms with van der Waals surface area (Å²) in [4.78, 5) is 37.9. The minimum absolute atomic E-state index is 0.126. The molecule has 0 rings (SSSR count). The predicted molar refractivity (Wildman–Crippen MR) is 269 cm³/mol. The SMILES string of the molecule is CC\C=C/C=C\C=C/C=C\C=C/CCCC(=O)OC(COC(=O)CCCCC\C=C/C=C\C=C/C=C\CC)COC(=O)CCCCCCCCCCCC/C=C\C=C/CCCCC. The molecule has 0 aliphatic rings. The Morgan fingerprint density at radius 2 is 0.635 bits per heavy atom. The van der Waals surface area contributed by atoms with E-state index in [1.54, 1.807) is 0 Å². The van der Waals surface area contributed by atoms with Crippen molar-refractivity contribution >= 4 is 17.9 Å². The number of hydrogen-bond acceptors (Lipinski definition) is 6. The zero-order chi connectivity index (χ0) is 45.8. The summed E-state index contributed by atoms with van der Waals surface area (Å²) < 4.78 is 16.7. The van der Waals surface area contributed by atoms with Crippen molar-refractivity contribution in [1.82, 2.24) is 0 Å². The van der Waals surface area contributed by atoms with Gasteiger partial charge in [-0.25, -0.2) is 0 Å². The van der Waals surface area contributed by atoms with Crippen LogP contribution in [-0.4, -0.2) is 37.2 Å². The van der Waals surface area contributed by atoms with Crippen LogP contribution in [0.1, 0.15) is 188 Å². The number of unbranched alkanes of at least 4 members (excludes halogenated alkanes) is 17. The largest absolute Gasteiger partial charge is 0.462 e. The number of carbonyl (C=O) groups excluding carboxylic acids is 3. The Hall–Kier alpha value is -4.45. The molecule has 63 heavy (non-hydrogen) atoms. The average Bonchev–Trinajstić information content (AvgIpc) is 3.28. The van der Waals surface area contributed by atoms with Crippen molar-refractivity contribution in [3.05, 3.63) is 134 Å². The first-order chi connectivity index (χ1) is 31.0. The van der Waals surface area contributed by atoms with E-state index in [0.717, 1.165) is 64.2 Å². The van der Waals surface area contributed by atoms with Gasteiger partial charge in [0.15, 0.2) is 6.10 Å². The Kier molecular flexibility index (Phi) is 46.7. The lowest BCUT2D eigenvalue weighted by Gasteiger charge is -2.18. The van der Waals surface area contributed by atoms with Gasteiger partial charge < -0.3 is 14.2 Å². The molecule has 0 aromatic rings. The van der Waals surface area contributed by atoms with Crippen molar-refractivity contribution < 1.29 is 28.6 Å². The topological polar surface area (TPSA) is 78.9 Å². The first kappa shape index (κ1) is 58.6. The molecule has 0 radical (unpaired) electrons. The number of esters is 3. The molecule has 0 aromatic heterocycles. The van der Waals surface area contributed by atoms with E-state index in [-0.39, 0.29) is 31.6 Å². The maximum atomic E-state index is 12.7. The van der Waals surface area contributed by atoms with Crippen LogP contribution in [0.5, 0.6) is 0 Å². The molecule has 0 saturated carbocycles. The third-order valence-corrected chi connectivity index (χ3v) is 9.87. The van der Waals surface area contributed by atoms with Crippen LogP contribution < -0.4 is 0 Å². The molecule has 6 heteroatoms. The first-order valence-electron chi connectivity index (χ1n) is 24.8. The van der Waals surface area contributed by atoms with Gasteiger partial charge in [-0.1, -0.05) is 225 Å². The summed E-state index contributed by atoms with van der Waals surface area (Å²) in [5.74, 6) is -1.06. The van der Waals surface area contributed by atoms with Crippen LogP contribution in [0.4, 0.5) is 0 Å². The van der Waals surface area contributed by atoms with Crippen LogP contribution in [0, 0.1) is 0 Å². The van der Waals surface area contributed by atoms with Crippen molar-refractivity contribution in [2.75, 3.05) is 13.2 Å². The zero-order valence-corrected chi connectivity index (χ0v) is 40.0. The lowest BCUT2D eigenvalue weighted by Crippen LogP contribution is -2.30. The molecular formula is C57H88O6. The van der Waals surface area contributed by atoms with E-state index in [1.165, 1.54) is 77.0 Å². The minimum atomic E-state index is -0.836. The molecule has 0 fully saturated rings. The Balaban J connectivity index is 4.52. The number of allylic oxidation sites excluding steroid dienone is 22. The first-order valence-corrected chi connectivity index (χ1v) is 24.8. The molecular weight excluding hydrogens is 781 g/mol. The van der Waals surface area contributed by atoms with E-state index >= 15 is 0 Å². The van der Waals surface area contributed by atoms with E-state index in [9.17, 15) is 14.4 Å². The van der Waals surface area contributed by atoms with Crippen molar-refractivity contribution in [1.29, 1.82) is 0 Å². The number of carbonyl (C=O) groups is 3. The molecule has 0 aromatic carbocycles. The predicted octanol–water partition coefficient (Wildman–Crippen LogP) is 16.3. The van der Waals surface area contributed by atoms with E-state index in [2.05, 4.69) is 63.3 Å². The van der Waals surface area contributed by atoms with Crippen LogP contribution in [0.3, 0.4) is 0 Å². The Morgan fingerprint density at radius 3 is 1.05 bits per heavy atom. The molecule has 1 atom stereocenters. The van der Waals surface area contributed by atoms with Gasteiger partial charge in [0.2, 0.25) is 0 Å². The summed E-state index contributed by atoms with van der Waals surface area (Å²) in [5.41, 5.74) is 0. The third-order valence-electron chi connectivity index (χ3n) is 9.87. The molecule has 1 unspecified atom stereocenters. The number of ether oxygens (including phenoxy) is 3. The highest BCUT2D eigenvalue weighted by Gasteiger charge is 2.19. The highest BCUT2D eigenvalue weighted by Crippen LogP contribution is 2.13. The molecule has 0 aliphatic heterocycles. The van der Waals surface area contributed by atoms with E-state index in [0.29, 0.717) is 19.3 Å². The van der Waals surface area contributed by atoms with Gasteiger partial charge in [-0.3, -0.25) is 14.4 Å². The van der Waals surface area contributed by atoms with Crippen molar-refractivity contribution in [3.8, 4) is 0 Å². The lowest BCUT2D eigenvalue weighted by atomic mass is 10.1. The van der Waals surface area contributed by atoms with Crippen LogP contribution in [0.15, 0.2) is 134 Å². The van der Waals surface area contributed by atoms with E-state index in [4.69, 9.17) is 14.2 Å². The Labute approximate surface area is 385 Å². The van der Waals surface area contributed by atoms with E-state index < -0.39 is 12.1 Å². The molecule has 0 N–H and O–H groups in total. The van der Waals surface area contributed by atoms with Gasteiger partial charge in [0.05, 0.1) is 0 Å². The molecule has 0 spiro atoms. The van der Waals surface area contributed by atoms with Gasteiger partial charge in [-0.15, -0.1) is 0 Å². The lowest BCUT2D eigenvalue weighted by molar-refractivity contribution is -0.167. The summed E-state index contributed by atoms with van der Waals surface area (Å²) >= 11 is 0. The molecule has 6 nitrogen and oxygen atoms in total. The van der Waals surface area contributed by atoms with Gasteiger partial charge in [-0.05, 0) is 77.0 Å². The number of rotatable bonds is 42.